The maximum absolute atomic E-state index is 13.7. The molecule has 0 aliphatic carbocycles. The predicted octanol–water partition coefficient (Wildman–Crippen LogP) is 5.30. The minimum atomic E-state index is -0.860. The quantitative estimate of drug-likeness (QED) is 0.747. The van der Waals surface area contributed by atoms with Gasteiger partial charge < -0.3 is 10.1 Å². The molecule has 0 heterocycles. The number of anilines is 1. The van der Waals surface area contributed by atoms with Gasteiger partial charge in [-0.1, -0.05) is 39.1 Å². The number of carbonyl (C=O) groups is 1. The summed E-state index contributed by atoms with van der Waals surface area (Å²) in [4.78, 5) is 12.0. The zero-order valence-electron chi connectivity index (χ0n) is 11.4. The Balaban J connectivity index is 2.05. The molecule has 0 fully saturated rings. The molecule has 0 saturated carbocycles. The summed E-state index contributed by atoms with van der Waals surface area (Å²) in [5, 5.41) is 3.22. The summed E-state index contributed by atoms with van der Waals surface area (Å²) in [6.45, 7) is 1.54. The van der Waals surface area contributed by atoms with Crippen molar-refractivity contribution in [2.24, 2.45) is 0 Å². The van der Waals surface area contributed by atoms with Gasteiger partial charge in [-0.15, -0.1) is 0 Å². The van der Waals surface area contributed by atoms with Gasteiger partial charge in [-0.05, 0) is 43.3 Å². The number of rotatable bonds is 4. The summed E-state index contributed by atoms with van der Waals surface area (Å²) in [5.41, 5.74) is 0.0749. The number of nitrogens with one attached hydrogen (secondary N) is 1. The molecule has 1 N–H and O–H groups in total. The molecule has 2 aromatic carbocycles. The Morgan fingerprint density at radius 3 is 2.64 bits per heavy atom. The van der Waals surface area contributed by atoms with Crippen LogP contribution in [-0.2, 0) is 4.79 Å². The van der Waals surface area contributed by atoms with E-state index >= 15 is 0 Å². The molecular formula is C15H11BrCl2FNO2. The molecule has 0 radical (unpaired) electrons. The summed E-state index contributed by atoms with van der Waals surface area (Å²) in [6.07, 6.45) is -0.860. The third kappa shape index (κ3) is 4.35. The number of hydrogen-bond donors (Lipinski definition) is 1. The van der Waals surface area contributed by atoms with Gasteiger partial charge in [0.2, 0.25) is 0 Å². The maximum Gasteiger partial charge on any atom is 0.265 e. The zero-order chi connectivity index (χ0) is 16.3. The number of benzene rings is 2. The topological polar surface area (TPSA) is 38.3 Å². The van der Waals surface area contributed by atoms with E-state index in [-0.39, 0.29) is 5.69 Å². The van der Waals surface area contributed by atoms with Gasteiger partial charge in [-0.25, -0.2) is 4.39 Å². The van der Waals surface area contributed by atoms with Crippen LogP contribution in [-0.4, -0.2) is 12.0 Å². The number of hydrogen-bond acceptors (Lipinski definition) is 2. The van der Waals surface area contributed by atoms with E-state index in [0.29, 0.717) is 20.3 Å². The first-order chi connectivity index (χ1) is 10.4. The molecule has 2 aromatic rings. The third-order valence-electron chi connectivity index (χ3n) is 2.76. The lowest BCUT2D eigenvalue weighted by Gasteiger charge is -2.16. The number of halogens is 4. The lowest BCUT2D eigenvalue weighted by Crippen LogP contribution is -2.30. The molecule has 0 aliphatic rings. The second-order valence-corrected chi connectivity index (χ2v) is 6.21. The van der Waals surface area contributed by atoms with Crippen LogP contribution in [0.5, 0.6) is 5.75 Å². The van der Waals surface area contributed by atoms with Gasteiger partial charge >= 0.3 is 0 Å². The van der Waals surface area contributed by atoms with Gasteiger partial charge in [-0.2, -0.15) is 0 Å². The molecule has 2 rings (SSSR count). The van der Waals surface area contributed by atoms with Crippen molar-refractivity contribution in [3.05, 3.63) is 56.7 Å². The smallest absolute Gasteiger partial charge is 0.265 e. The van der Waals surface area contributed by atoms with E-state index in [2.05, 4.69) is 21.2 Å². The van der Waals surface area contributed by atoms with E-state index in [0.717, 1.165) is 0 Å². The van der Waals surface area contributed by atoms with Crippen LogP contribution in [0.3, 0.4) is 0 Å². The van der Waals surface area contributed by atoms with Gasteiger partial charge in [-0.3, -0.25) is 4.79 Å². The Morgan fingerprint density at radius 2 is 2.00 bits per heavy atom. The molecular weight excluding hydrogens is 396 g/mol. The maximum atomic E-state index is 13.7. The monoisotopic (exact) mass is 405 g/mol. The van der Waals surface area contributed by atoms with Crippen LogP contribution in [0, 0.1) is 5.82 Å². The first-order valence-electron chi connectivity index (χ1n) is 6.24. The second kappa shape index (κ2) is 7.31. The SMILES string of the molecule is C[C@@H](Oc1ccc(Cl)cc1Cl)C(=O)Nc1ccc(Br)cc1F. The lowest BCUT2D eigenvalue weighted by molar-refractivity contribution is -0.122. The second-order valence-electron chi connectivity index (χ2n) is 4.45. The summed E-state index contributed by atoms with van der Waals surface area (Å²) in [6, 6.07) is 9.02. The number of amides is 1. The molecule has 1 atom stereocenters. The van der Waals surface area contributed by atoms with E-state index < -0.39 is 17.8 Å². The molecule has 0 bridgehead atoms. The van der Waals surface area contributed by atoms with Gasteiger partial charge in [0.25, 0.3) is 5.91 Å². The van der Waals surface area contributed by atoms with Gasteiger partial charge in [0, 0.05) is 9.50 Å². The van der Waals surface area contributed by atoms with Crippen molar-refractivity contribution in [1.29, 1.82) is 0 Å². The molecule has 1 amide bonds. The van der Waals surface area contributed by atoms with Gasteiger partial charge in [0.05, 0.1) is 10.7 Å². The lowest BCUT2D eigenvalue weighted by atomic mass is 10.2. The average molecular weight is 407 g/mol. The molecule has 0 unspecified atom stereocenters. The van der Waals surface area contributed by atoms with Crippen LogP contribution < -0.4 is 10.1 Å². The minimum absolute atomic E-state index is 0.0749. The van der Waals surface area contributed by atoms with E-state index in [9.17, 15) is 9.18 Å². The summed E-state index contributed by atoms with van der Waals surface area (Å²) < 4.78 is 19.7. The molecule has 0 spiro atoms. The van der Waals surface area contributed by atoms with Crippen molar-refractivity contribution >= 4 is 50.7 Å². The first kappa shape index (κ1) is 17.1. The largest absolute Gasteiger partial charge is 0.479 e. The molecule has 0 aromatic heterocycles. The van der Waals surface area contributed by atoms with Crippen LogP contribution >= 0.6 is 39.1 Å². The fraction of sp³-hybridized carbons (Fsp3) is 0.133. The third-order valence-corrected chi connectivity index (χ3v) is 3.78. The Morgan fingerprint density at radius 1 is 1.27 bits per heavy atom. The highest BCUT2D eigenvalue weighted by molar-refractivity contribution is 9.10. The normalized spacial score (nSPS) is 11.9. The number of ether oxygens (including phenoxy) is 1. The first-order valence-corrected chi connectivity index (χ1v) is 7.79. The highest BCUT2D eigenvalue weighted by atomic mass is 79.9. The van der Waals surface area contributed by atoms with Crippen molar-refractivity contribution in [1.82, 2.24) is 0 Å². The van der Waals surface area contributed by atoms with Crippen LogP contribution in [0.15, 0.2) is 40.9 Å². The van der Waals surface area contributed by atoms with Gasteiger partial charge in [0.1, 0.15) is 11.6 Å². The standard InChI is InChI=1S/C15H11BrCl2FNO2/c1-8(22-14-5-3-10(17)7-11(14)18)15(21)20-13-4-2-9(16)6-12(13)19/h2-8H,1H3,(H,20,21)/t8-/m1/s1. The minimum Gasteiger partial charge on any atom is -0.479 e. The Bertz CT molecular complexity index is 712. The number of carbonyl (C=O) groups excluding carboxylic acids is 1. The Labute approximate surface area is 145 Å². The summed E-state index contributed by atoms with van der Waals surface area (Å²) in [7, 11) is 0. The van der Waals surface area contributed by atoms with E-state index in [4.69, 9.17) is 27.9 Å². The van der Waals surface area contributed by atoms with Crippen molar-refractivity contribution < 1.29 is 13.9 Å². The molecule has 22 heavy (non-hydrogen) atoms. The van der Waals surface area contributed by atoms with E-state index in [1.54, 1.807) is 18.2 Å². The molecule has 0 saturated heterocycles. The fourth-order valence-corrected chi connectivity index (χ4v) is 2.43. The van der Waals surface area contributed by atoms with Crippen molar-refractivity contribution in [3.63, 3.8) is 0 Å². The highest BCUT2D eigenvalue weighted by Crippen LogP contribution is 2.28. The fourth-order valence-electron chi connectivity index (χ4n) is 1.64. The molecule has 7 heteroatoms. The summed E-state index contributed by atoms with van der Waals surface area (Å²) in [5.74, 6) is -0.711. The zero-order valence-corrected chi connectivity index (χ0v) is 14.5. The van der Waals surface area contributed by atoms with Crippen LogP contribution in [0.25, 0.3) is 0 Å². The van der Waals surface area contributed by atoms with Crippen LogP contribution in [0.1, 0.15) is 6.92 Å². The van der Waals surface area contributed by atoms with E-state index in [1.165, 1.54) is 25.1 Å². The van der Waals surface area contributed by atoms with E-state index in [1.807, 2.05) is 0 Å². The average Bonchev–Trinajstić information content (AvgIpc) is 2.44. The highest BCUT2D eigenvalue weighted by Gasteiger charge is 2.18. The van der Waals surface area contributed by atoms with Crippen molar-refractivity contribution in [2.45, 2.75) is 13.0 Å². The summed E-state index contributed by atoms with van der Waals surface area (Å²) >= 11 is 14.9. The van der Waals surface area contributed by atoms with Crippen LogP contribution in [0.2, 0.25) is 10.0 Å². The van der Waals surface area contributed by atoms with Gasteiger partial charge in [0.15, 0.2) is 6.10 Å². The molecule has 0 aliphatic heterocycles. The van der Waals surface area contributed by atoms with Crippen LogP contribution in [0.4, 0.5) is 10.1 Å². The molecule has 116 valence electrons. The molecule has 3 nitrogen and oxygen atoms in total. The van der Waals surface area contributed by atoms with Crippen molar-refractivity contribution in [2.75, 3.05) is 5.32 Å². The Kier molecular flexibility index (Phi) is 5.67. The Hall–Kier alpha value is -1.30. The van der Waals surface area contributed by atoms with Crippen molar-refractivity contribution in [3.8, 4) is 5.75 Å². The predicted molar refractivity (Wildman–Crippen MR) is 89.3 cm³/mol.